The molecule has 1 aromatic heterocycles. The van der Waals surface area contributed by atoms with Crippen LogP contribution in [-0.4, -0.2) is 87.4 Å². The third kappa shape index (κ3) is 7.90. The van der Waals surface area contributed by atoms with Crippen LogP contribution < -0.4 is 29.7 Å². The van der Waals surface area contributed by atoms with E-state index in [0.29, 0.717) is 39.7 Å². The van der Waals surface area contributed by atoms with Crippen LogP contribution in [0.5, 0.6) is 23.0 Å². The molecule has 15 heteroatoms. The number of nitrogens with one attached hydrogen (secondary N) is 2. The summed E-state index contributed by atoms with van der Waals surface area (Å²) >= 11 is 0. The molecule has 2 N–H and O–H groups in total. The molecule has 2 aliphatic heterocycles. The Balaban J connectivity index is 1.14. The highest BCUT2D eigenvalue weighted by Crippen LogP contribution is 2.38. The molecule has 264 valence electrons. The number of carbonyl (C=O) groups excluding carboxylic acids is 4. The molecule has 14 nitrogen and oxygen atoms in total. The first-order valence-electron chi connectivity index (χ1n) is 16.0. The summed E-state index contributed by atoms with van der Waals surface area (Å²) in [6, 6.07) is 13.7. The van der Waals surface area contributed by atoms with Gasteiger partial charge < -0.3 is 29.0 Å². The molecule has 0 atom stereocenters. The van der Waals surface area contributed by atoms with E-state index in [1.54, 1.807) is 18.2 Å². The van der Waals surface area contributed by atoms with Gasteiger partial charge in [-0.3, -0.25) is 24.8 Å². The standard InChI is InChI=1S/C36H34FN5O9/c1-47-31-19-25-28(20-32(31)50-14-4-11-41-12-15-49-16-13-41)38-10-9-29(25)51-30-8-7-23(18-27(30)37)39-21-26-33(43)40-36(46)42(34(26)44)24-6-3-5-22(17-24)35(45)48-2/h3,5-10,17-21,39H,4,11-16H2,1-2H3,(H,40,43,46)/b26-21+. The Kier molecular flexibility index (Phi) is 10.7. The first kappa shape index (κ1) is 34.8. The summed E-state index contributed by atoms with van der Waals surface area (Å²) in [6.45, 7) is 4.67. The topological polar surface area (TPSA) is 158 Å². The molecule has 4 amide bonds. The van der Waals surface area contributed by atoms with E-state index in [1.807, 2.05) is 0 Å². The van der Waals surface area contributed by atoms with Gasteiger partial charge in [-0.2, -0.15) is 0 Å². The van der Waals surface area contributed by atoms with Gasteiger partial charge >= 0.3 is 12.0 Å². The number of amides is 4. The lowest BCUT2D eigenvalue weighted by atomic mass is 10.1. The van der Waals surface area contributed by atoms with Crippen LogP contribution in [0.1, 0.15) is 16.8 Å². The number of nitrogens with zero attached hydrogens (tertiary/aromatic N) is 3. The monoisotopic (exact) mass is 699 g/mol. The maximum Gasteiger partial charge on any atom is 0.337 e. The van der Waals surface area contributed by atoms with E-state index in [-0.39, 0.29) is 22.7 Å². The number of imide groups is 2. The molecule has 2 fully saturated rings. The summed E-state index contributed by atoms with van der Waals surface area (Å²) in [7, 11) is 2.72. The maximum absolute atomic E-state index is 15.3. The maximum atomic E-state index is 15.3. The van der Waals surface area contributed by atoms with Crippen LogP contribution in [0.15, 0.2) is 78.6 Å². The van der Waals surface area contributed by atoms with Crippen molar-refractivity contribution in [2.75, 3.05) is 63.9 Å². The molecule has 0 unspecified atom stereocenters. The summed E-state index contributed by atoms with van der Waals surface area (Å²) in [4.78, 5) is 57.8. The molecular formula is C36H34FN5O9. The van der Waals surface area contributed by atoms with Crippen LogP contribution in [0.2, 0.25) is 0 Å². The quantitative estimate of drug-likeness (QED) is 0.0915. The fourth-order valence-electron chi connectivity index (χ4n) is 5.51. The zero-order chi connectivity index (χ0) is 35.9. The second kappa shape index (κ2) is 15.7. The van der Waals surface area contributed by atoms with Crippen molar-refractivity contribution in [3.63, 3.8) is 0 Å². The number of hydrogen-bond donors (Lipinski definition) is 2. The second-order valence-electron chi connectivity index (χ2n) is 11.4. The van der Waals surface area contributed by atoms with Crippen LogP contribution in [0.4, 0.5) is 20.6 Å². The van der Waals surface area contributed by atoms with Crippen molar-refractivity contribution in [3.8, 4) is 23.0 Å². The zero-order valence-corrected chi connectivity index (χ0v) is 27.8. The number of anilines is 2. The van der Waals surface area contributed by atoms with E-state index in [4.69, 9.17) is 23.7 Å². The average molecular weight is 700 g/mol. The predicted octanol–water partition coefficient (Wildman–Crippen LogP) is 4.64. The summed E-state index contributed by atoms with van der Waals surface area (Å²) in [5.74, 6) is -2.11. The number of barbiturate groups is 1. The van der Waals surface area contributed by atoms with Crippen LogP contribution >= 0.6 is 0 Å². The molecule has 51 heavy (non-hydrogen) atoms. The molecule has 6 rings (SSSR count). The number of carbonyl (C=O) groups is 4. The summed E-state index contributed by atoms with van der Waals surface area (Å²) in [6.07, 6.45) is 3.42. The highest BCUT2D eigenvalue weighted by Gasteiger charge is 2.37. The third-order valence-electron chi connectivity index (χ3n) is 8.13. The van der Waals surface area contributed by atoms with Gasteiger partial charge in [0.1, 0.15) is 11.3 Å². The van der Waals surface area contributed by atoms with E-state index < -0.39 is 35.2 Å². The number of methoxy groups -OCH3 is 2. The number of morpholine rings is 1. The Labute approximate surface area is 291 Å². The molecule has 2 saturated heterocycles. The number of pyridine rings is 1. The van der Waals surface area contributed by atoms with Crippen molar-refractivity contribution in [2.24, 2.45) is 0 Å². The molecule has 3 heterocycles. The molecule has 2 aliphatic rings. The van der Waals surface area contributed by atoms with Crippen LogP contribution in [0.25, 0.3) is 10.9 Å². The number of fused-ring (bicyclic) bond motifs is 1. The molecule has 0 saturated carbocycles. The lowest BCUT2D eigenvalue weighted by Gasteiger charge is -2.26. The van der Waals surface area contributed by atoms with E-state index in [1.165, 1.54) is 56.8 Å². The minimum Gasteiger partial charge on any atom is -0.493 e. The van der Waals surface area contributed by atoms with Gasteiger partial charge in [-0.15, -0.1) is 0 Å². The fraction of sp³-hybridized carbons (Fsp3) is 0.250. The van der Waals surface area contributed by atoms with Crippen LogP contribution in [0, 0.1) is 5.82 Å². The van der Waals surface area contributed by atoms with Gasteiger partial charge in [0.15, 0.2) is 23.1 Å². The second-order valence-corrected chi connectivity index (χ2v) is 11.4. The molecule has 4 aromatic rings. The summed E-state index contributed by atoms with van der Waals surface area (Å²) in [5.41, 5.74) is 0.437. The van der Waals surface area contributed by atoms with E-state index in [2.05, 4.69) is 20.5 Å². The van der Waals surface area contributed by atoms with Crippen LogP contribution in [0.3, 0.4) is 0 Å². The number of esters is 1. The zero-order valence-electron chi connectivity index (χ0n) is 27.8. The largest absolute Gasteiger partial charge is 0.493 e. The Hall–Kier alpha value is -6.06. The highest BCUT2D eigenvalue weighted by atomic mass is 19.1. The minimum absolute atomic E-state index is 0.0378. The molecule has 0 aliphatic carbocycles. The van der Waals surface area contributed by atoms with Gasteiger partial charge in [-0.1, -0.05) is 6.07 Å². The number of urea groups is 1. The number of halogens is 1. The number of hydrogen-bond acceptors (Lipinski definition) is 12. The average Bonchev–Trinajstić information content (AvgIpc) is 3.14. The normalized spacial score (nSPS) is 15.9. The SMILES string of the molecule is COC(=O)c1cccc(N2C(=O)NC(=O)/C(=C\Nc3ccc(Oc4ccnc5cc(OCCCN6CCOCC6)c(OC)cc45)c(F)c3)C2=O)c1. The molecular weight excluding hydrogens is 665 g/mol. The van der Waals surface area contributed by atoms with Crippen LogP contribution in [-0.2, 0) is 19.1 Å². The molecule has 0 spiro atoms. The van der Waals surface area contributed by atoms with Crippen molar-refractivity contribution in [3.05, 3.63) is 90.0 Å². The van der Waals surface area contributed by atoms with E-state index in [0.717, 1.165) is 51.5 Å². The Bertz CT molecular complexity index is 2010. The number of rotatable bonds is 12. The number of aromatic nitrogens is 1. The van der Waals surface area contributed by atoms with Gasteiger partial charge in [-0.25, -0.2) is 18.9 Å². The van der Waals surface area contributed by atoms with Gasteiger partial charge in [0.25, 0.3) is 11.8 Å². The number of ether oxygens (including phenoxy) is 5. The Morgan fingerprint density at radius 2 is 1.82 bits per heavy atom. The lowest BCUT2D eigenvalue weighted by Crippen LogP contribution is -2.54. The Morgan fingerprint density at radius 1 is 1.00 bits per heavy atom. The summed E-state index contributed by atoms with van der Waals surface area (Å²) < 4.78 is 43.0. The van der Waals surface area contributed by atoms with Crippen molar-refractivity contribution in [1.82, 2.24) is 15.2 Å². The third-order valence-corrected chi connectivity index (χ3v) is 8.13. The van der Waals surface area contributed by atoms with Crippen molar-refractivity contribution in [1.29, 1.82) is 0 Å². The first-order chi connectivity index (χ1) is 24.7. The molecule has 0 radical (unpaired) electrons. The number of benzene rings is 3. The van der Waals surface area contributed by atoms with Crippen molar-refractivity contribution >= 4 is 46.1 Å². The minimum atomic E-state index is -0.999. The van der Waals surface area contributed by atoms with Gasteiger partial charge in [-0.05, 0) is 48.9 Å². The van der Waals surface area contributed by atoms with Gasteiger partial charge in [0.2, 0.25) is 0 Å². The smallest absolute Gasteiger partial charge is 0.337 e. The van der Waals surface area contributed by atoms with E-state index in [9.17, 15) is 19.2 Å². The summed E-state index contributed by atoms with van der Waals surface area (Å²) in [5, 5.41) is 5.38. The van der Waals surface area contributed by atoms with Crippen molar-refractivity contribution < 1.29 is 47.3 Å². The predicted molar refractivity (Wildman–Crippen MR) is 183 cm³/mol. The Morgan fingerprint density at radius 3 is 2.59 bits per heavy atom. The lowest BCUT2D eigenvalue weighted by molar-refractivity contribution is -0.122. The fourth-order valence-corrected chi connectivity index (χ4v) is 5.51. The van der Waals surface area contributed by atoms with Crippen molar-refractivity contribution in [2.45, 2.75) is 6.42 Å². The van der Waals surface area contributed by atoms with Gasteiger partial charge in [0, 0.05) is 55.2 Å². The molecule has 0 bridgehead atoms. The van der Waals surface area contributed by atoms with E-state index >= 15 is 4.39 Å². The molecule has 3 aromatic carbocycles. The van der Waals surface area contributed by atoms with Gasteiger partial charge in [0.05, 0.1) is 50.8 Å². The first-order valence-corrected chi connectivity index (χ1v) is 16.0. The highest BCUT2D eigenvalue weighted by molar-refractivity contribution is 6.37.